The van der Waals surface area contributed by atoms with Crippen LogP contribution in [0.3, 0.4) is 0 Å². The van der Waals surface area contributed by atoms with Crippen molar-refractivity contribution in [2.75, 3.05) is 13.1 Å². The summed E-state index contributed by atoms with van der Waals surface area (Å²) in [5.74, 6) is 0.671. The Labute approximate surface area is 129 Å². The average molecular weight is 330 g/mol. The lowest BCUT2D eigenvalue weighted by Gasteiger charge is -2.33. The number of rotatable bonds is 3. The van der Waals surface area contributed by atoms with Crippen molar-refractivity contribution in [3.8, 4) is 0 Å². The molecule has 1 unspecified atom stereocenters. The van der Waals surface area contributed by atoms with Crippen LogP contribution in [0.15, 0.2) is 59.1 Å². The van der Waals surface area contributed by atoms with Crippen LogP contribution in [-0.2, 0) is 6.54 Å². The molecule has 20 heavy (non-hydrogen) atoms. The van der Waals surface area contributed by atoms with Crippen molar-refractivity contribution >= 4 is 15.9 Å². The lowest BCUT2D eigenvalue weighted by Crippen LogP contribution is -2.33. The Morgan fingerprint density at radius 3 is 2.70 bits per heavy atom. The number of benzene rings is 2. The normalized spacial score (nSPS) is 19.9. The molecule has 0 aliphatic carbocycles. The minimum atomic E-state index is 0.671. The summed E-state index contributed by atoms with van der Waals surface area (Å²) in [7, 11) is 0. The van der Waals surface area contributed by atoms with Crippen LogP contribution in [0.1, 0.15) is 29.9 Å². The molecule has 1 aliphatic heterocycles. The van der Waals surface area contributed by atoms with Gasteiger partial charge in [0.05, 0.1) is 0 Å². The van der Waals surface area contributed by atoms with Crippen molar-refractivity contribution in [2.24, 2.45) is 0 Å². The second kappa shape index (κ2) is 6.55. The van der Waals surface area contributed by atoms with Crippen molar-refractivity contribution in [3.63, 3.8) is 0 Å². The van der Waals surface area contributed by atoms with Gasteiger partial charge in [0.15, 0.2) is 0 Å². The fourth-order valence-electron chi connectivity index (χ4n) is 3.07. The van der Waals surface area contributed by atoms with Crippen molar-refractivity contribution in [1.82, 2.24) is 4.90 Å². The lowest BCUT2D eigenvalue weighted by molar-refractivity contribution is 0.200. The summed E-state index contributed by atoms with van der Waals surface area (Å²) in [6.07, 6.45) is 2.60. The van der Waals surface area contributed by atoms with E-state index in [9.17, 15) is 0 Å². The Morgan fingerprint density at radius 2 is 1.90 bits per heavy atom. The van der Waals surface area contributed by atoms with Gasteiger partial charge in [-0.15, -0.1) is 0 Å². The van der Waals surface area contributed by atoms with E-state index in [1.165, 1.54) is 41.5 Å². The number of hydrogen-bond acceptors (Lipinski definition) is 1. The largest absolute Gasteiger partial charge is 0.298 e. The molecule has 0 spiro atoms. The molecule has 3 rings (SSSR count). The summed E-state index contributed by atoms with van der Waals surface area (Å²) < 4.78 is 1.19. The van der Waals surface area contributed by atoms with Gasteiger partial charge in [-0.25, -0.2) is 0 Å². The van der Waals surface area contributed by atoms with Gasteiger partial charge in [-0.2, -0.15) is 0 Å². The number of hydrogen-bond donors (Lipinski definition) is 0. The first-order valence-electron chi connectivity index (χ1n) is 7.33. The highest BCUT2D eigenvalue weighted by molar-refractivity contribution is 9.10. The third-order valence-electron chi connectivity index (χ3n) is 4.07. The van der Waals surface area contributed by atoms with Gasteiger partial charge in [0.25, 0.3) is 0 Å². The first-order valence-corrected chi connectivity index (χ1v) is 8.12. The Morgan fingerprint density at radius 1 is 1.05 bits per heavy atom. The molecule has 1 aliphatic rings. The highest BCUT2D eigenvalue weighted by Gasteiger charge is 2.21. The number of piperidine rings is 1. The quantitative estimate of drug-likeness (QED) is 0.779. The fourth-order valence-corrected chi connectivity index (χ4v) is 3.49. The van der Waals surface area contributed by atoms with E-state index < -0.39 is 0 Å². The molecular weight excluding hydrogens is 310 g/mol. The van der Waals surface area contributed by atoms with E-state index in [4.69, 9.17) is 0 Å². The minimum absolute atomic E-state index is 0.671. The maximum absolute atomic E-state index is 3.58. The van der Waals surface area contributed by atoms with Crippen LogP contribution in [0.25, 0.3) is 0 Å². The highest BCUT2D eigenvalue weighted by Crippen LogP contribution is 2.29. The third kappa shape index (κ3) is 3.50. The van der Waals surface area contributed by atoms with Gasteiger partial charge in [-0.3, -0.25) is 4.90 Å². The molecule has 1 fully saturated rings. The summed E-state index contributed by atoms with van der Waals surface area (Å²) in [4.78, 5) is 2.59. The molecule has 2 heteroatoms. The Bertz CT molecular complexity index is 552. The number of halogens is 1. The average Bonchev–Trinajstić information content (AvgIpc) is 2.49. The zero-order chi connectivity index (χ0) is 13.8. The van der Waals surface area contributed by atoms with Crippen LogP contribution in [0.2, 0.25) is 0 Å². The number of nitrogens with zero attached hydrogens (tertiary/aromatic N) is 1. The zero-order valence-electron chi connectivity index (χ0n) is 11.6. The van der Waals surface area contributed by atoms with E-state index in [-0.39, 0.29) is 0 Å². The fraction of sp³-hybridized carbons (Fsp3) is 0.333. The highest BCUT2D eigenvalue weighted by atomic mass is 79.9. The molecule has 0 radical (unpaired) electrons. The maximum atomic E-state index is 3.58. The standard InChI is InChI=1S/C18H20BrN/c19-18-10-4-8-16(12-18)17-9-5-11-20(14-17)13-15-6-2-1-3-7-15/h1-4,6-8,10,12,17H,5,9,11,13-14H2. The molecule has 2 aromatic carbocycles. The molecule has 1 nitrogen and oxygen atoms in total. The molecular formula is C18H20BrN. The van der Waals surface area contributed by atoms with Gasteiger partial charge in [0.2, 0.25) is 0 Å². The van der Waals surface area contributed by atoms with E-state index in [2.05, 4.69) is 75.4 Å². The van der Waals surface area contributed by atoms with Crippen molar-refractivity contribution in [1.29, 1.82) is 0 Å². The summed E-state index contributed by atoms with van der Waals surface area (Å²) in [5.41, 5.74) is 2.89. The Kier molecular flexibility index (Phi) is 4.54. The van der Waals surface area contributed by atoms with Crippen LogP contribution in [-0.4, -0.2) is 18.0 Å². The van der Waals surface area contributed by atoms with Gasteiger partial charge < -0.3 is 0 Å². The maximum Gasteiger partial charge on any atom is 0.0233 e. The summed E-state index contributed by atoms with van der Waals surface area (Å²) in [5, 5.41) is 0. The Hall–Kier alpha value is -1.12. The van der Waals surface area contributed by atoms with Crippen LogP contribution in [0.4, 0.5) is 0 Å². The second-order valence-corrected chi connectivity index (χ2v) is 6.53. The van der Waals surface area contributed by atoms with Crippen molar-refractivity contribution < 1.29 is 0 Å². The molecule has 1 atom stereocenters. The predicted octanol–water partition coefficient (Wildman–Crippen LogP) is 4.83. The molecule has 1 heterocycles. The van der Waals surface area contributed by atoms with Gasteiger partial charge in [0.1, 0.15) is 0 Å². The smallest absolute Gasteiger partial charge is 0.0233 e. The summed E-state index contributed by atoms with van der Waals surface area (Å²) >= 11 is 3.58. The number of likely N-dealkylation sites (tertiary alicyclic amines) is 1. The zero-order valence-corrected chi connectivity index (χ0v) is 13.2. The van der Waals surface area contributed by atoms with E-state index in [0.29, 0.717) is 5.92 Å². The van der Waals surface area contributed by atoms with Crippen LogP contribution in [0.5, 0.6) is 0 Å². The third-order valence-corrected chi connectivity index (χ3v) is 4.57. The molecule has 0 N–H and O–H groups in total. The van der Waals surface area contributed by atoms with E-state index in [1.54, 1.807) is 0 Å². The van der Waals surface area contributed by atoms with Crippen LogP contribution in [0, 0.1) is 0 Å². The van der Waals surface area contributed by atoms with Gasteiger partial charge in [-0.1, -0.05) is 58.4 Å². The monoisotopic (exact) mass is 329 g/mol. The van der Waals surface area contributed by atoms with Crippen molar-refractivity contribution in [3.05, 3.63) is 70.2 Å². The van der Waals surface area contributed by atoms with Gasteiger partial charge in [0, 0.05) is 17.6 Å². The van der Waals surface area contributed by atoms with Crippen molar-refractivity contribution in [2.45, 2.75) is 25.3 Å². The lowest BCUT2D eigenvalue weighted by atomic mass is 9.90. The molecule has 0 amide bonds. The van der Waals surface area contributed by atoms with Crippen LogP contribution >= 0.6 is 15.9 Å². The van der Waals surface area contributed by atoms with Gasteiger partial charge >= 0.3 is 0 Å². The molecule has 2 aromatic rings. The summed E-state index contributed by atoms with van der Waals surface area (Å²) in [6.45, 7) is 3.47. The van der Waals surface area contributed by atoms with E-state index in [1.807, 2.05) is 0 Å². The summed E-state index contributed by atoms with van der Waals surface area (Å²) in [6, 6.07) is 19.6. The Balaban J connectivity index is 1.67. The molecule has 0 aromatic heterocycles. The van der Waals surface area contributed by atoms with E-state index >= 15 is 0 Å². The van der Waals surface area contributed by atoms with E-state index in [0.717, 1.165) is 6.54 Å². The first-order chi connectivity index (χ1) is 9.81. The molecule has 0 saturated carbocycles. The molecule has 0 bridgehead atoms. The first kappa shape index (κ1) is 13.8. The van der Waals surface area contributed by atoms with Gasteiger partial charge in [-0.05, 0) is 48.6 Å². The molecule has 104 valence electrons. The minimum Gasteiger partial charge on any atom is -0.298 e. The SMILES string of the molecule is Brc1cccc(C2CCCN(Cc3ccccc3)C2)c1. The second-order valence-electron chi connectivity index (χ2n) is 5.61. The van der Waals surface area contributed by atoms with Crippen LogP contribution < -0.4 is 0 Å². The molecule has 1 saturated heterocycles. The topological polar surface area (TPSA) is 3.24 Å². The predicted molar refractivity (Wildman–Crippen MR) is 87.8 cm³/mol.